The van der Waals surface area contributed by atoms with E-state index >= 15 is 0 Å². The first kappa shape index (κ1) is 28.4. The minimum atomic E-state index is -4.52. The lowest BCUT2D eigenvalue weighted by atomic mass is 10.1. The van der Waals surface area contributed by atoms with Gasteiger partial charge in [-0.3, -0.25) is 4.57 Å². The second kappa shape index (κ2) is 10.4. The normalized spacial score (nSPS) is 14.5. The number of benzene rings is 2. The average Bonchev–Trinajstić information content (AvgIpc) is 3.42. The molecule has 1 N–H and O–H groups in total. The predicted molar refractivity (Wildman–Crippen MR) is 147 cm³/mol. The molecule has 13 heteroatoms. The maximum Gasteiger partial charge on any atom is 0.417 e. The van der Waals surface area contributed by atoms with Crippen LogP contribution in [0.25, 0.3) is 11.3 Å². The fourth-order valence-corrected chi connectivity index (χ4v) is 5.63. The number of nitrogens with one attached hydrogen (secondary N) is 1. The summed E-state index contributed by atoms with van der Waals surface area (Å²) in [7, 11) is -0.903. The van der Waals surface area contributed by atoms with Crippen molar-refractivity contribution in [3.63, 3.8) is 0 Å². The molecule has 4 aromatic rings. The van der Waals surface area contributed by atoms with Crippen LogP contribution in [0.1, 0.15) is 25.0 Å². The van der Waals surface area contributed by atoms with E-state index in [2.05, 4.69) is 15.3 Å². The van der Waals surface area contributed by atoms with Gasteiger partial charge in [-0.15, -0.1) is 0 Å². The molecule has 0 unspecified atom stereocenters. The average molecular weight is 588 g/mol. The first-order valence-electron chi connectivity index (χ1n) is 12.6. The van der Waals surface area contributed by atoms with Crippen LogP contribution in [-0.2, 0) is 29.3 Å². The lowest BCUT2D eigenvalue weighted by molar-refractivity contribution is -0.137. The molecule has 5 rings (SSSR count). The van der Waals surface area contributed by atoms with E-state index in [0.29, 0.717) is 35.2 Å². The van der Waals surface area contributed by atoms with Crippen molar-refractivity contribution >= 4 is 21.5 Å². The Morgan fingerprint density at radius 3 is 2.46 bits per heavy atom. The van der Waals surface area contributed by atoms with Crippen LogP contribution in [0.15, 0.2) is 71.9 Å². The minimum Gasteiger partial charge on any atom is -0.497 e. The van der Waals surface area contributed by atoms with Gasteiger partial charge in [-0.25, -0.2) is 13.4 Å². The summed E-state index contributed by atoms with van der Waals surface area (Å²) in [6.07, 6.45) is -2.03. The molecule has 2 aromatic heterocycles. The number of aromatic nitrogens is 3. The monoisotopic (exact) mass is 587 g/mol. The third kappa shape index (κ3) is 6.00. The zero-order valence-corrected chi connectivity index (χ0v) is 23.5. The molecule has 0 radical (unpaired) electrons. The van der Waals surface area contributed by atoms with Gasteiger partial charge in [-0.1, -0.05) is 12.1 Å². The van der Waals surface area contributed by atoms with Crippen LogP contribution in [0.5, 0.6) is 11.8 Å². The van der Waals surface area contributed by atoms with Gasteiger partial charge in [0.25, 0.3) is 6.01 Å². The Labute approximate surface area is 235 Å². The Kier molecular flexibility index (Phi) is 7.20. The van der Waals surface area contributed by atoms with E-state index in [4.69, 9.17) is 9.47 Å². The molecule has 1 aliphatic rings. The van der Waals surface area contributed by atoms with E-state index in [1.54, 1.807) is 37.6 Å². The molecule has 0 saturated heterocycles. The molecule has 216 valence electrons. The minimum absolute atomic E-state index is 0.0175. The highest BCUT2D eigenvalue weighted by Gasteiger charge is 2.33. The van der Waals surface area contributed by atoms with Crippen molar-refractivity contribution in [2.45, 2.75) is 43.6 Å². The van der Waals surface area contributed by atoms with E-state index in [-0.39, 0.29) is 17.3 Å². The molecule has 0 fully saturated rings. The smallest absolute Gasteiger partial charge is 0.417 e. The topological polar surface area (TPSA) is 98.6 Å². The van der Waals surface area contributed by atoms with Gasteiger partial charge < -0.3 is 14.8 Å². The summed E-state index contributed by atoms with van der Waals surface area (Å²) in [6.45, 7) is 4.52. The van der Waals surface area contributed by atoms with Gasteiger partial charge in [-0.05, 0) is 61.9 Å². The molecule has 0 amide bonds. The molecule has 3 heterocycles. The highest BCUT2D eigenvalue weighted by molar-refractivity contribution is 7.89. The number of halogens is 3. The molecule has 2 aromatic carbocycles. The zero-order valence-electron chi connectivity index (χ0n) is 22.7. The number of pyridine rings is 1. The summed E-state index contributed by atoms with van der Waals surface area (Å²) >= 11 is 0. The van der Waals surface area contributed by atoms with Crippen LogP contribution >= 0.6 is 0 Å². The number of anilines is 2. The maximum absolute atomic E-state index is 13.6. The Hall–Kier alpha value is -4.10. The van der Waals surface area contributed by atoms with Gasteiger partial charge in [0.15, 0.2) is 0 Å². The van der Waals surface area contributed by atoms with Gasteiger partial charge in [0.05, 0.1) is 29.8 Å². The molecule has 0 aliphatic carbocycles. The van der Waals surface area contributed by atoms with Crippen LogP contribution in [0.2, 0.25) is 0 Å². The van der Waals surface area contributed by atoms with Crippen molar-refractivity contribution in [2.75, 3.05) is 19.5 Å². The largest absolute Gasteiger partial charge is 0.497 e. The molecule has 0 bridgehead atoms. The van der Waals surface area contributed by atoms with E-state index in [1.165, 1.54) is 35.6 Å². The quantitative estimate of drug-likeness (QED) is 0.282. The second-order valence-electron chi connectivity index (χ2n) is 10.3. The van der Waals surface area contributed by atoms with E-state index in [1.807, 2.05) is 18.4 Å². The molecule has 0 spiro atoms. The van der Waals surface area contributed by atoms with Crippen LogP contribution in [0.4, 0.5) is 24.7 Å². The first-order chi connectivity index (χ1) is 19.2. The number of nitrogens with zero attached hydrogens (tertiary/aromatic N) is 4. The molecule has 41 heavy (non-hydrogen) atoms. The third-order valence-corrected chi connectivity index (χ3v) is 8.35. The Balaban J connectivity index is 1.49. The highest BCUT2D eigenvalue weighted by Crippen LogP contribution is 2.37. The number of hydrogen-bond donors (Lipinski definition) is 1. The molecule has 0 atom stereocenters. The van der Waals surface area contributed by atoms with Gasteiger partial charge in [0.1, 0.15) is 17.2 Å². The standard InChI is InChI=1S/C28H28F3N5O4S/c1-27(2)17-36-16-24(34-26(36)40-27)22-13-21(41(37,38)35(3)15-18-5-8-20(39-4)9-6-18)10-11-23(22)33-25-12-7-19(14-32-25)28(29,30)31/h5-14,16H,15,17H2,1-4H3,(H,32,33). The van der Waals surface area contributed by atoms with Crippen molar-refractivity contribution in [2.24, 2.45) is 0 Å². The number of ether oxygens (including phenoxy) is 2. The van der Waals surface area contributed by atoms with Crippen LogP contribution in [-0.4, -0.2) is 47.0 Å². The Morgan fingerprint density at radius 1 is 1.12 bits per heavy atom. The van der Waals surface area contributed by atoms with Crippen LogP contribution < -0.4 is 14.8 Å². The van der Waals surface area contributed by atoms with E-state index in [0.717, 1.165) is 17.8 Å². The lowest BCUT2D eigenvalue weighted by Crippen LogP contribution is -2.26. The second-order valence-corrected chi connectivity index (χ2v) is 12.3. The molecule has 9 nitrogen and oxygen atoms in total. The summed E-state index contributed by atoms with van der Waals surface area (Å²) in [4.78, 5) is 8.47. The summed E-state index contributed by atoms with van der Waals surface area (Å²) in [5.41, 5.74) is 0.698. The highest BCUT2D eigenvalue weighted by atomic mass is 32.2. The van der Waals surface area contributed by atoms with Gasteiger partial charge in [-0.2, -0.15) is 22.5 Å². The summed E-state index contributed by atoms with van der Waals surface area (Å²) < 4.78 is 80.3. The molecule has 0 saturated carbocycles. The van der Waals surface area contributed by atoms with E-state index < -0.39 is 27.4 Å². The third-order valence-electron chi connectivity index (χ3n) is 6.55. The van der Waals surface area contributed by atoms with Crippen LogP contribution in [0, 0.1) is 0 Å². The number of sulfonamides is 1. The Bertz CT molecular complexity index is 1640. The Morgan fingerprint density at radius 2 is 1.85 bits per heavy atom. The van der Waals surface area contributed by atoms with Crippen molar-refractivity contribution in [3.8, 4) is 23.0 Å². The zero-order chi connectivity index (χ0) is 29.6. The van der Waals surface area contributed by atoms with Gasteiger partial charge in [0.2, 0.25) is 10.0 Å². The first-order valence-corrected chi connectivity index (χ1v) is 14.0. The number of fused-ring (bicyclic) bond motifs is 1. The van der Waals surface area contributed by atoms with Crippen molar-refractivity contribution in [3.05, 3.63) is 78.1 Å². The van der Waals surface area contributed by atoms with Gasteiger partial charge in [0, 0.05) is 37.2 Å². The number of hydrogen-bond acceptors (Lipinski definition) is 7. The van der Waals surface area contributed by atoms with Gasteiger partial charge >= 0.3 is 6.18 Å². The molecule has 1 aliphatic heterocycles. The summed E-state index contributed by atoms with van der Waals surface area (Å²) in [5, 5.41) is 3.00. The summed E-state index contributed by atoms with van der Waals surface area (Å²) in [6, 6.07) is 14.0. The SMILES string of the molecule is COc1ccc(CN(C)S(=O)(=O)c2ccc(Nc3ccc(C(F)(F)F)cn3)c(-c3cn4c(n3)OC(C)(C)C4)c2)cc1. The number of alkyl halides is 3. The van der Waals surface area contributed by atoms with Crippen molar-refractivity contribution < 1.29 is 31.1 Å². The van der Waals surface area contributed by atoms with Crippen LogP contribution in [0.3, 0.4) is 0 Å². The fraction of sp³-hybridized carbons (Fsp3) is 0.286. The van der Waals surface area contributed by atoms with E-state index in [9.17, 15) is 21.6 Å². The number of rotatable bonds is 8. The maximum atomic E-state index is 13.6. The lowest BCUT2D eigenvalue weighted by Gasteiger charge is -2.19. The summed E-state index contributed by atoms with van der Waals surface area (Å²) in [5.74, 6) is 0.810. The fourth-order valence-electron chi connectivity index (χ4n) is 4.44. The molecular weight excluding hydrogens is 559 g/mol. The van der Waals surface area contributed by atoms with Crippen molar-refractivity contribution in [1.82, 2.24) is 18.8 Å². The predicted octanol–water partition coefficient (Wildman–Crippen LogP) is 5.71. The number of imidazole rings is 1. The molecular formula is C28H28F3N5O4S. The number of methoxy groups -OCH3 is 1. The van der Waals surface area contributed by atoms with Crippen molar-refractivity contribution in [1.29, 1.82) is 0 Å².